The largest absolute Gasteiger partial charge is 0.388 e. The normalized spacial score (nSPS) is 17.4. The summed E-state index contributed by atoms with van der Waals surface area (Å²) < 4.78 is 0. The highest BCUT2D eigenvalue weighted by Crippen LogP contribution is 2.23. The van der Waals surface area contributed by atoms with Gasteiger partial charge >= 0.3 is 0 Å². The molecule has 0 bridgehead atoms. The van der Waals surface area contributed by atoms with E-state index in [4.69, 9.17) is 0 Å². The van der Waals surface area contributed by atoms with Crippen LogP contribution in [-0.2, 0) is 4.79 Å². The second-order valence-electron chi connectivity index (χ2n) is 3.91. The lowest BCUT2D eigenvalue weighted by Gasteiger charge is -2.08. The predicted molar refractivity (Wildman–Crippen MR) is 59.7 cm³/mol. The molecule has 0 radical (unpaired) electrons. The summed E-state index contributed by atoms with van der Waals surface area (Å²) in [5.41, 5.74) is 0. The summed E-state index contributed by atoms with van der Waals surface area (Å²) in [5.74, 6) is 0.0631. The van der Waals surface area contributed by atoms with Crippen molar-refractivity contribution in [3.05, 3.63) is 22.4 Å². The average Bonchev–Trinajstić information content (AvgIpc) is 2.86. The Kier molecular flexibility index (Phi) is 3.38. The van der Waals surface area contributed by atoms with Crippen molar-refractivity contribution in [2.75, 3.05) is 0 Å². The maximum absolute atomic E-state index is 11.3. The Labute approximate surface area is 93.1 Å². The van der Waals surface area contributed by atoms with Crippen molar-refractivity contribution in [3.8, 4) is 0 Å². The third-order valence-corrected chi connectivity index (χ3v) is 3.43. The molecular weight excluding hydrogens is 210 g/mol. The van der Waals surface area contributed by atoms with E-state index in [1.165, 1.54) is 11.3 Å². The van der Waals surface area contributed by atoms with Crippen LogP contribution in [0.2, 0.25) is 0 Å². The molecule has 15 heavy (non-hydrogen) atoms. The molecule has 3 nitrogen and oxygen atoms in total. The summed E-state index contributed by atoms with van der Waals surface area (Å²) in [4.78, 5) is 12.3. The van der Waals surface area contributed by atoms with Gasteiger partial charge in [-0.25, -0.2) is 0 Å². The molecule has 2 rings (SSSR count). The maximum atomic E-state index is 11.3. The molecule has 1 heterocycles. The molecule has 1 aromatic heterocycles. The molecular formula is C11H15NO2S. The molecule has 1 saturated carbocycles. The van der Waals surface area contributed by atoms with Gasteiger partial charge in [0, 0.05) is 17.3 Å². The summed E-state index contributed by atoms with van der Waals surface area (Å²) >= 11 is 1.53. The van der Waals surface area contributed by atoms with Crippen LogP contribution in [0.5, 0.6) is 0 Å². The molecule has 0 saturated heterocycles. The lowest BCUT2D eigenvalue weighted by Crippen LogP contribution is -2.25. The molecule has 1 aliphatic rings. The molecule has 0 aromatic carbocycles. The summed E-state index contributed by atoms with van der Waals surface area (Å²) in [5, 5.41) is 14.6. The van der Waals surface area contributed by atoms with E-state index in [0.717, 1.165) is 17.7 Å². The van der Waals surface area contributed by atoms with Crippen LogP contribution < -0.4 is 5.32 Å². The third kappa shape index (κ3) is 3.32. The van der Waals surface area contributed by atoms with E-state index in [0.29, 0.717) is 18.9 Å². The minimum Gasteiger partial charge on any atom is -0.388 e. The second-order valence-corrected chi connectivity index (χ2v) is 4.89. The van der Waals surface area contributed by atoms with Crippen molar-refractivity contribution in [2.24, 2.45) is 0 Å². The number of hydrogen-bond acceptors (Lipinski definition) is 3. The van der Waals surface area contributed by atoms with E-state index < -0.39 is 6.10 Å². The van der Waals surface area contributed by atoms with Crippen molar-refractivity contribution in [3.63, 3.8) is 0 Å². The van der Waals surface area contributed by atoms with E-state index in [1.807, 2.05) is 17.5 Å². The molecule has 1 atom stereocenters. The number of hydrogen-bond donors (Lipinski definition) is 2. The van der Waals surface area contributed by atoms with Crippen LogP contribution in [0, 0.1) is 0 Å². The molecule has 2 N–H and O–H groups in total. The lowest BCUT2D eigenvalue weighted by molar-refractivity contribution is -0.121. The zero-order valence-electron chi connectivity index (χ0n) is 8.48. The van der Waals surface area contributed by atoms with Crippen molar-refractivity contribution >= 4 is 17.2 Å². The zero-order valence-corrected chi connectivity index (χ0v) is 9.30. The van der Waals surface area contributed by atoms with E-state index >= 15 is 0 Å². The van der Waals surface area contributed by atoms with Gasteiger partial charge in [-0.15, -0.1) is 11.3 Å². The van der Waals surface area contributed by atoms with Crippen molar-refractivity contribution in [1.29, 1.82) is 0 Å². The Morgan fingerprint density at radius 2 is 2.47 bits per heavy atom. The molecule has 1 aromatic rings. The first-order valence-corrected chi connectivity index (χ1v) is 6.14. The van der Waals surface area contributed by atoms with Crippen molar-refractivity contribution < 1.29 is 9.90 Å². The summed E-state index contributed by atoms with van der Waals surface area (Å²) in [6.07, 6.45) is 2.66. The van der Waals surface area contributed by atoms with E-state index in [-0.39, 0.29) is 5.91 Å². The number of amides is 1. The van der Waals surface area contributed by atoms with E-state index in [1.54, 1.807) is 0 Å². The SMILES string of the molecule is O=C(CCC(O)c1cccs1)NC1CC1. The number of nitrogens with one attached hydrogen (secondary N) is 1. The van der Waals surface area contributed by atoms with Crippen molar-refractivity contribution in [2.45, 2.75) is 37.8 Å². The smallest absolute Gasteiger partial charge is 0.220 e. The highest BCUT2D eigenvalue weighted by Gasteiger charge is 2.23. The third-order valence-electron chi connectivity index (χ3n) is 2.46. The number of aliphatic hydroxyl groups excluding tert-OH is 1. The second kappa shape index (κ2) is 4.77. The topological polar surface area (TPSA) is 49.3 Å². The van der Waals surface area contributed by atoms with Crippen LogP contribution in [0.3, 0.4) is 0 Å². The molecule has 1 unspecified atom stereocenters. The van der Waals surface area contributed by atoms with Crippen LogP contribution in [0.15, 0.2) is 17.5 Å². The van der Waals surface area contributed by atoms with Crippen LogP contribution in [0.25, 0.3) is 0 Å². The standard InChI is InChI=1S/C11H15NO2S/c13-9(10-2-1-7-15-10)5-6-11(14)12-8-3-4-8/h1-2,7-9,13H,3-6H2,(H,12,14). The molecule has 1 aliphatic carbocycles. The van der Waals surface area contributed by atoms with Gasteiger partial charge in [-0.1, -0.05) is 6.07 Å². The number of carbonyl (C=O) groups is 1. The number of aliphatic hydroxyl groups is 1. The molecule has 1 amide bonds. The highest BCUT2D eigenvalue weighted by molar-refractivity contribution is 7.10. The van der Waals surface area contributed by atoms with E-state index in [9.17, 15) is 9.90 Å². The van der Waals surface area contributed by atoms with Gasteiger partial charge < -0.3 is 10.4 Å². The number of thiophene rings is 1. The Morgan fingerprint density at radius 1 is 1.67 bits per heavy atom. The van der Waals surface area contributed by atoms with Gasteiger partial charge in [0.1, 0.15) is 0 Å². The van der Waals surface area contributed by atoms with Gasteiger partial charge in [-0.05, 0) is 30.7 Å². The Balaban J connectivity index is 1.70. The molecule has 4 heteroatoms. The Bertz CT molecular complexity index is 319. The first-order chi connectivity index (χ1) is 7.25. The Morgan fingerprint density at radius 3 is 3.07 bits per heavy atom. The average molecular weight is 225 g/mol. The molecule has 82 valence electrons. The van der Waals surface area contributed by atoms with Crippen LogP contribution >= 0.6 is 11.3 Å². The fourth-order valence-electron chi connectivity index (χ4n) is 1.42. The van der Waals surface area contributed by atoms with Crippen LogP contribution in [0.4, 0.5) is 0 Å². The fourth-order valence-corrected chi connectivity index (χ4v) is 2.16. The fraction of sp³-hybridized carbons (Fsp3) is 0.545. The number of rotatable bonds is 5. The maximum Gasteiger partial charge on any atom is 0.220 e. The first kappa shape index (κ1) is 10.6. The molecule has 0 spiro atoms. The summed E-state index contributed by atoms with van der Waals surface area (Å²) in [6.45, 7) is 0. The van der Waals surface area contributed by atoms with Crippen LogP contribution in [-0.4, -0.2) is 17.1 Å². The zero-order chi connectivity index (χ0) is 10.7. The summed E-state index contributed by atoms with van der Waals surface area (Å²) in [6, 6.07) is 4.22. The minimum absolute atomic E-state index is 0.0631. The Hall–Kier alpha value is -0.870. The van der Waals surface area contributed by atoms with Gasteiger partial charge in [0.2, 0.25) is 5.91 Å². The van der Waals surface area contributed by atoms with Gasteiger partial charge in [0.25, 0.3) is 0 Å². The summed E-state index contributed by atoms with van der Waals surface area (Å²) in [7, 11) is 0. The lowest BCUT2D eigenvalue weighted by atomic mass is 10.1. The molecule has 0 aliphatic heterocycles. The van der Waals surface area contributed by atoms with Gasteiger partial charge in [-0.3, -0.25) is 4.79 Å². The number of carbonyl (C=O) groups excluding carboxylic acids is 1. The van der Waals surface area contributed by atoms with Gasteiger partial charge in [0.05, 0.1) is 6.10 Å². The van der Waals surface area contributed by atoms with Crippen LogP contribution in [0.1, 0.15) is 36.7 Å². The van der Waals surface area contributed by atoms with Gasteiger partial charge in [-0.2, -0.15) is 0 Å². The van der Waals surface area contributed by atoms with Crippen molar-refractivity contribution in [1.82, 2.24) is 5.32 Å². The van der Waals surface area contributed by atoms with Gasteiger partial charge in [0.15, 0.2) is 0 Å². The minimum atomic E-state index is -0.491. The monoisotopic (exact) mass is 225 g/mol. The quantitative estimate of drug-likeness (QED) is 0.803. The molecule has 1 fully saturated rings. The predicted octanol–water partition coefficient (Wildman–Crippen LogP) is 1.84. The highest BCUT2D eigenvalue weighted by atomic mass is 32.1. The van der Waals surface area contributed by atoms with E-state index in [2.05, 4.69) is 5.32 Å². The first-order valence-electron chi connectivity index (χ1n) is 5.26.